The monoisotopic (exact) mass is 515 g/mol. The number of rotatable bonds is 7. The average molecular weight is 515 g/mol. The van der Waals surface area contributed by atoms with E-state index in [2.05, 4.69) is 60.8 Å². The van der Waals surface area contributed by atoms with Gasteiger partial charge in [-0.1, -0.05) is 0 Å². The molecule has 0 unspecified atom stereocenters. The molecule has 2 aromatic rings. The summed E-state index contributed by atoms with van der Waals surface area (Å²) < 4.78 is 3.90. The molecule has 0 heterocycles. The first-order valence-corrected chi connectivity index (χ1v) is 12.5. The second kappa shape index (κ2) is 11.6. The molecule has 2 amide bonds. The number of para-hydroxylation sites is 1. The number of benzene rings is 2. The van der Waals surface area contributed by atoms with Gasteiger partial charge in [0.15, 0.2) is 0 Å². The fourth-order valence-corrected chi connectivity index (χ4v) is 4.86. The Morgan fingerprint density at radius 2 is 1.70 bits per heavy atom. The summed E-state index contributed by atoms with van der Waals surface area (Å²) in [6, 6.07) is 13.7. The SMILES string of the molecule is C=CC(=O)Nc1cccc(C[I-]C#CC(=O)Nc2ccccc2C(C)C)c1C(C)C. The molecule has 0 aliphatic carbocycles. The molecule has 0 spiro atoms. The predicted molar refractivity (Wildman–Crippen MR) is 120 cm³/mol. The van der Waals surface area contributed by atoms with Crippen molar-refractivity contribution in [2.24, 2.45) is 0 Å². The fourth-order valence-electron chi connectivity index (χ4n) is 3.15. The predicted octanol–water partition coefficient (Wildman–Crippen LogP) is 2.25. The Morgan fingerprint density at radius 1 is 1.00 bits per heavy atom. The molecule has 0 radical (unpaired) electrons. The van der Waals surface area contributed by atoms with Crippen molar-refractivity contribution in [1.29, 1.82) is 0 Å². The van der Waals surface area contributed by atoms with Crippen molar-refractivity contribution in [2.75, 3.05) is 10.6 Å². The Morgan fingerprint density at radius 3 is 2.37 bits per heavy atom. The second-order valence-electron chi connectivity index (χ2n) is 7.41. The van der Waals surface area contributed by atoms with E-state index in [9.17, 15) is 9.59 Å². The third-order valence-electron chi connectivity index (χ3n) is 4.49. The van der Waals surface area contributed by atoms with Crippen LogP contribution in [0.25, 0.3) is 0 Å². The van der Waals surface area contributed by atoms with Crippen molar-refractivity contribution in [1.82, 2.24) is 0 Å². The first kappa shape index (κ1) is 23.7. The molecule has 4 nitrogen and oxygen atoms in total. The topological polar surface area (TPSA) is 58.2 Å². The van der Waals surface area contributed by atoms with Crippen LogP contribution in [0, 0.1) is 9.85 Å². The van der Waals surface area contributed by atoms with E-state index in [1.54, 1.807) is 0 Å². The first-order valence-electron chi connectivity index (χ1n) is 9.87. The van der Waals surface area contributed by atoms with Gasteiger partial charge in [0.25, 0.3) is 0 Å². The van der Waals surface area contributed by atoms with Crippen molar-refractivity contribution < 1.29 is 30.8 Å². The summed E-state index contributed by atoms with van der Waals surface area (Å²) in [4.78, 5) is 24.0. The fraction of sp³-hybridized carbons (Fsp3) is 0.280. The molecule has 0 atom stereocenters. The van der Waals surface area contributed by atoms with Gasteiger partial charge in [0, 0.05) is 0 Å². The van der Waals surface area contributed by atoms with Gasteiger partial charge in [0.1, 0.15) is 0 Å². The molecule has 30 heavy (non-hydrogen) atoms. The zero-order valence-electron chi connectivity index (χ0n) is 17.9. The average Bonchev–Trinajstić information content (AvgIpc) is 2.71. The van der Waals surface area contributed by atoms with Gasteiger partial charge in [-0.15, -0.1) is 0 Å². The Hall–Kier alpha value is -2.59. The molecule has 0 saturated heterocycles. The summed E-state index contributed by atoms with van der Waals surface area (Å²) in [5.74, 6) is 2.82. The molecule has 0 aromatic heterocycles. The van der Waals surface area contributed by atoms with Gasteiger partial charge in [0.05, 0.1) is 0 Å². The van der Waals surface area contributed by atoms with Crippen molar-refractivity contribution in [2.45, 2.75) is 44.0 Å². The van der Waals surface area contributed by atoms with Gasteiger partial charge in [-0.2, -0.15) is 0 Å². The number of carbonyl (C=O) groups excluding carboxylic acids is 2. The van der Waals surface area contributed by atoms with E-state index in [1.807, 2.05) is 36.4 Å². The van der Waals surface area contributed by atoms with Gasteiger partial charge >= 0.3 is 190 Å². The van der Waals surface area contributed by atoms with Gasteiger partial charge in [-0.25, -0.2) is 0 Å². The number of carbonyl (C=O) groups is 2. The number of halogens is 1. The maximum absolute atomic E-state index is 12.3. The van der Waals surface area contributed by atoms with Crippen LogP contribution in [0.5, 0.6) is 0 Å². The number of nitrogens with one attached hydrogen (secondary N) is 2. The molecule has 0 aliphatic rings. The van der Waals surface area contributed by atoms with Crippen LogP contribution in [0.15, 0.2) is 55.1 Å². The maximum atomic E-state index is 12.3. The molecule has 2 rings (SSSR count). The van der Waals surface area contributed by atoms with E-state index in [-0.39, 0.29) is 17.7 Å². The Balaban J connectivity index is 2.06. The summed E-state index contributed by atoms with van der Waals surface area (Å²) in [5, 5.41) is 5.79. The standard InChI is InChI=1S/C25H28IN2O2/c1-6-23(29)28-22-13-9-10-19(25(22)18(4)5)16-26-15-14-24(30)27-21-12-8-7-11-20(21)17(2)3/h6-13,17-18H,1,16H2,2-5H3,(H,27,30)(H,28,29)/q-1. The Labute approximate surface area is 189 Å². The number of alkyl halides is 1. The molecular formula is C25H28IN2O2-. The molecule has 158 valence electrons. The first-order chi connectivity index (χ1) is 14.3. The molecular weight excluding hydrogens is 487 g/mol. The van der Waals surface area contributed by atoms with Gasteiger partial charge in [-0.05, 0) is 0 Å². The number of amides is 2. The second-order valence-corrected chi connectivity index (χ2v) is 9.47. The van der Waals surface area contributed by atoms with Gasteiger partial charge in [-0.3, -0.25) is 0 Å². The van der Waals surface area contributed by atoms with E-state index in [0.717, 1.165) is 26.9 Å². The Kier molecular flexibility index (Phi) is 9.13. The van der Waals surface area contributed by atoms with Gasteiger partial charge < -0.3 is 0 Å². The van der Waals surface area contributed by atoms with Crippen LogP contribution in [-0.4, -0.2) is 11.8 Å². The number of hydrogen-bond donors (Lipinski definition) is 2. The minimum atomic E-state index is -0.519. The summed E-state index contributed by atoms with van der Waals surface area (Å²) in [5.41, 5.74) is 5.01. The van der Waals surface area contributed by atoms with Crippen LogP contribution in [0.2, 0.25) is 0 Å². The van der Waals surface area contributed by atoms with Gasteiger partial charge in [0.2, 0.25) is 0 Å². The molecule has 0 saturated carbocycles. The summed E-state index contributed by atoms with van der Waals surface area (Å²) >= 11 is -0.519. The van der Waals surface area contributed by atoms with Crippen molar-refractivity contribution >= 4 is 23.2 Å². The molecule has 0 fully saturated rings. The third-order valence-corrected chi connectivity index (χ3v) is 6.34. The van der Waals surface area contributed by atoms with Crippen molar-refractivity contribution in [3.05, 3.63) is 71.8 Å². The molecule has 2 aromatic carbocycles. The quantitative estimate of drug-likeness (QED) is 0.257. The van der Waals surface area contributed by atoms with E-state index in [1.165, 1.54) is 11.6 Å². The molecule has 5 heteroatoms. The summed E-state index contributed by atoms with van der Waals surface area (Å²) in [6.07, 6.45) is 1.27. The number of hydrogen-bond acceptors (Lipinski definition) is 2. The van der Waals surface area contributed by atoms with Crippen molar-refractivity contribution in [3.8, 4) is 9.85 Å². The Bertz CT molecular complexity index is 984. The van der Waals surface area contributed by atoms with Crippen LogP contribution in [-0.2, 0) is 14.0 Å². The normalized spacial score (nSPS) is 10.5. The van der Waals surface area contributed by atoms with Crippen LogP contribution >= 0.6 is 0 Å². The van der Waals surface area contributed by atoms with Crippen LogP contribution in [0.4, 0.5) is 11.4 Å². The van der Waals surface area contributed by atoms with Crippen LogP contribution in [0.1, 0.15) is 56.2 Å². The van der Waals surface area contributed by atoms with E-state index >= 15 is 0 Å². The molecule has 2 N–H and O–H groups in total. The summed E-state index contributed by atoms with van der Waals surface area (Å²) in [7, 11) is 0. The molecule has 0 bridgehead atoms. The zero-order valence-corrected chi connectivity index (χ0v) is 20.0. The van der Waals surface area contributed by atoms with E-state index in [0.29, 0.717) is 5.92 Å². The van der Waals surface area contributed by atoms with E-state index < -0.39 is 21.2 Å². The van der Waals surface area contributed by atoms with Crippen molar-refractivity contribution in [3.63, 3.8) is 0 Å². The third kappa shape index (κ3) is 6.74. The minimum absolute atomic E-state index is 0.220. The summed E-state index contributed by atoms with van der Waals surface area (Å²) in [6.45, 7) is 11.9. The van der Waals surface area contributed by atoms with Crippen LogP contribution < -0.4 is 31.8 Å². The van der Waals surface area contributed by atoms with E-state index in [4.69, 9.17) is 0 Å². The zero-order chi connectivity index (χ0) is 22.1. The molecule has 0 aliphatic heterocycles. The number of anilines is 2. The van der Waals surface area contributed by atoms with Crippen LogP contribution in [0.3, 0.4) is 0 Å².